The first kappa shape index (κ1) is 11.4. The highest BCUT2D eigenvalue weighted by Crippen LogP contribution is 2.13. The number of nitrogens with zero attached hydrogens (tertiary/aromatic N) is 3. The molecule has 0 aliphatic rings. The summed E-state index contributed by atoms with van der Waals surface area (Å²) in [6.07, 6.45) is 3.50. The molecule has 0 atom stereocenters. The molecule has 2 aromatic rings. The van der Waals surface area contributed by atoms with E-state index in [1.54, 1.807) is 6.07 Å². The number of hydrogen-bond acceptors (Lipinski definition) is 3. The first-order chi connectivity index (χ1) is 8.24. The number of para-hydroxylation sites is 2. The van der Waals surface area contributed by atoms with Gasteiger partial charge in [-0.3, -0.25) is 0 Å². The maximum Gasteiger partial charge on any atom is 0.350 e. The molecule has 0 fully saturated rings. The highest BCUT2D eigenvalue weighted by atomic mass is 16.2. The molecule has 0 spiro atoms. The van der Waals surface area contributed by atoms with Crippen LogP contribution in [0, 0.1) is 0 Å². The van der Waals surface area contributed by atoms with Crippen LogP contribution in [-0.2, 0) is 6.54 Å². The monoisotopic (exact) mass is 232 g/mol. The lowest BCUT2D eigenvalue weighted by atomic mass is 10.3. The topological polar surface area (TPSA) is 65.8 Å². The maximum atomic E-state index is 12.0. The van der Waals surface area contributed by atoms with Crippen molar-refractivity contribution in [1.82, 2.24) is 14.3 Å². The van der Waals surface area contributed by atoms with Crippen LogP contribution in [0.1, 0.15) is 19.8 Å². The minimum absolute atomic E-state index is 0.142. The van der Waals surface area contributed by atoms with Crippen LogP contribution in [0.3, 0.4) is 0 Å². The Bertz CT molecular complexity index is 556. The van der Waals surface area contributed by atoms with Crippen LogP contribution < -0.4 is 11.4 Å². The van der Waals surface area contributed by atoms with Gasteiger partial charge in [-0.15, -0.1) is 0 Å². The smallest absolute Gasteiger partial charge is 0.350 e. The lowest BCUT2D eigenvalue weighted by molar-refractivity contribution is 0.551. The van der Waals surface area contributed by atoms with E-state index in [1.807, 2.05) is 18.2 Å². The summed E-state index contributed by atoms with van der Waals surface area (Å²) >= 11 is 0. The van der Waals surface area contributed by atoms with Gasteiger partial charge in [0.25, 0.3) is 0 Å². The van der Waals surface area contributed by atoms with Gasteiger partial charge in [-0.1, -0.05) is 25.5 Å². The molecule has 0 aliphatic heterocycles. The molecule has 5 heteroatoms. The number of aromatic nitrogens is 3. The van der Waals surface area contributed by atoms with Gasteiger partial charge in [-0.05, 0) is 18.6 Å². The van der Waals surface area contributed by atoms with Crippen molar-refractivity contribution in [3.05, 3.63) is 41.1 Å². The van der Waals surface area contributed by atoms with Crippen molar-refractivity contribution in [2.45, 2.75) is 26.3 Å². The third-order valence-electron chi connectivity index (χ3n) is 2.65. The Morgan fingerprint density at radius 3 is 2.82 bits per heavy atom. The molecule has 17 heavy (non-hydrogen) atoms. The summed E-state index contributed by atoms with van der Waals surface area (Å²) < 4.78 is 2.95. The molecule has 1 aromatic carbocycles. The summed E-state index contributed by atoms with van der Waals surface area (Å²) in [5.74, 6) is 0. The van der Waals surface area contributed by atoms with Crippen LogP contribution in [0.25, 0.3) is 5.69 Å². The number of nitrogen functional groups attached to an aromatic ring is 1. The number of aryl methyl sites for hydroxylation is 1. The molecule has 0 amide bonds. The molecule has 2 N–H and O–H groups in total. The van der Waals surface area contributed by atoms with Crippen molar-refractivity contribution in [2.75, 3.05) is 5.73 Å². The van der Waals surface area contributed by atoms with Crippen LogP contribution in [0.2, 0.25) is 0 Å². The van der Waals surface area contributed by atoms with Crippen molar-refractivity contribution >= 4 is 5.69 Å². The molecule has 0 saturated carbocycles. The van der Waals surface area contributed by atoms with Crippen LogP contribution in [-0.4, -0.2) is 14.3 Å². The lowest BCUT2D eigenvalue weighted by Crippen LogP contribution is -2.24. The Hall–Kier alpha value is -2.04. The highest BCUT2D eigenvalue weighted by Gasteiger charge is 2.08. The van der Waals surface area contributed by atoms with Crippen molar-refractivity contribution in [1.29, 1.82) is 0 Å². The Morgan fingerprint density at radius 1 is 1.35 bits per heavy atom. The number of hydrogen-bond donors (Lipinski definition) is 1. The summed E-state index contributed by atoms with van der Waals surface area (Å²) in [6, 6.07) is 7.26. The van der Waals surface area contributed by atoms with Gasteiger partial charge in [0.1, 0.15) is 6.33 Å². The molecule has 5 nitrogen and oxygen atoms in total. The van der Waals surface area contributed by atoms with Gasteiger partial charge in [-0.2, -0.15) is 5.10 Å². The molecule has 2 rings (SSSR count). The largest absolute Gasteiger partial charge is 0.397 e. The standard InChI is InChI=1S/C12H16N4O/c1-2-3-8-16-12(17)15(9-14-16)11-7-5-4-6-10(11)13/h4-7,9H,2-3,8,13H2,1H3. The van der Waals surface area contributed by atoms with Gasteiger partial charge in [0.15, 0.2) is 0 Å². The average molecular weight is 232 g/mol. The molecule has 0 aliphatic carbocycles. The second-order valence-corrected chi connectivity index (χ2v) is 3.92. The van der Waals surface area contributed by atoms with E-state index in [1.165, 1.54) is 15.6 Å². The van der Waals surface area contributed by atoms with E-state index >= 15 is 0 Å². The Balaban J connectivity index is 2.38. The molecular formula is C12H16N4O. The number of rotatable bonds is 4. The lowest BCUT2D eigenvalue weighted by Gasteiger charge is -2.03. The fourth-order valence-electron chi connectivity index (χ4n) is 1.67. The number of unbranched alkanes of at least 4 members (excludes halogenated alkanes) is 1. The molecule has 1 aromatic heterocycles. The number of nitrogens with two attached hydrogens (primary N) is 1. The van der Waals surface area contributed by atoms with Crippen molar-refractivity contribution < 1.29 is 0 Å². The normalized spacial score (nSPS) is 10.6. The summed E-state index contributed by atoms with van der Waals surface area (Å²) in [5, 5.41) is 4.08. The van der Waals surface area contributed by atoms with Crippen LogP contribution in [0.15, 0.2) is 35.4 Å². The Labute approximate surface area is 99.5 Å². The van der Waals surface area contributed by atoms with Gasteiger partial charge in [0.2, 0.25) is 0 Å². The molecular weight excluding hydrogens is 216 g/mol. The third kappa shape index (κ3) is 2.22. The maximum absolute atomic E-state index is 12.0. The SMILES string of the molecule is CCCCn1ncn(-c2ccccc2N)c1=O. The van der Waals surface area contributed by atoms with Gasteiger partial charge >= 0.3 is 5.69 Å². The summed E-state index contributed by atoms with van der Waals surface area (Å²) in [6.45, 7) is 2.73. The molecule has 0 unspecified atom stereocenters. The number of anilines is 1. The summed E-state index contributed by atoms with van der Waals surface area (Å²) in [7, 11) is 0. The van der Waals surface area contributed by atoms with E-state index in [0.29, 0.717) is 17.9 Å². The van der Waals surface area contributed by atoms with Gasteiger partial charge in [-0.25, -0.2) is 14.0 Å². The Morgan fingerprint density at radius 2 is 2.12 bits per heavy atom. The van der Waals surface area contributed by atoms with E-state index in [9.17, 15) is 4.79 Å². The summed E-state index contributed by atoms with van der Waals surface area (Å²) in [5.41, 5.74) is 6.95. The first-order valence-corrected chi connectivity index (χ1v) is 5.73. The predicted octanol–water partition coefficient (Wildman–Crippen LogP) is 1.42. The Kier molecular flexibility index (Phi) is 3.27. The quantitative estimate of drug-likeness (QED) is 0.811. The summed E-state index contributed by atoms with van der Waals surface area (Å²) in [4.78, 5) is 12.0. The minimum Gasteiger partial charge on any atom is -0.397 e. The van der Waals surface area contributed by atoms with Crippen LogP contribution >= 0.6 is 0 Å². The second kappa shape index (κ2) is 4.86. The molecule has 90 valence electrons. The van der Waals surface area contributed by atoms with E-state index in [-0.39, 0.29) is 5.69 Å². The van der Waals surface area contributed by atoms with Crippen molar-refractivity contribution in [2.24, 2.45) is 0 Å². The molecule has 1 heterocycles. The van der Waals surface area contributed by atoms with Gasteiger partial charge < -0.3 is 5.73 Å². The minimum atomic E-state index is -0.142. The van der Waals surface area contributed by atoms with Crippen LogP contribution in [0.4, 0.5) is 5.69 Å². The zero-order valence-electron chi connectivity index (χ0n) is 9.84. The predicted molar refractivity (Wildman–Crippen MR) is 67.1 cm³/mol. The molecule has 0 radical (unpaired) electrons. The highest BCUT2D eigenvalue weighted by molar-refractivity contribution is 5.57. The zero-order chi connectivity index (χ0) is 12.3. The average Bonchev–Trinajstić information content (AvgIpc) is 2.69. The van der Waals surface area contributed by atoms with Crippen molar-refractivity contribution in [3.63, 3.8) is 0 Å². The van der Waals surface area contributed by atoms with Gasteiger partial charge in [0.05, 0.1) is 11.4 Å². The third-order valence-corrected chi connectivity index (χ3v) is 2.65. The second-order valence-electron chi connectivity index (χ2n) is 3.92. The van der Waals surface area contributed by atoms with E-state index in [0.717, 1.165) is 12.8 Å². The zero-order valence-corrected chi connectivity index (χ0v) is 9.84. The molecule has 0 saturated heterocycles. The fourth-order valence-corrected chi connectivity index (χ4v) is 1.67. The fraction of sp³-hybridized carbons (Fsp3) is 0.333. The van der Waals surface area contributed by atoms with Gasteiger partial charge in [0, 0.05) is 6.54 Å². The van der Waals surface area contributed by atoms with Crippen LogP contribution in [0.5, 0.6) is 0 Å². The van der Waals surface area contributed by atoms with Crippen molar-refractivity contribution in [3.8, 4) is 5.69 Å². The first-order valence-electron chi connectivity index (χ1n) is 5.73. The molecule has 0 bridgehead atoms. The van der Waals surface area contributed by atoms with E-state index < -0.39 is 0 Å². The van der Waals surface area contributed by atoms with E-state index in [2.05, 4.69) is 12.0 Å². The van der Waals surface area contributed by atoms with E-state index in [4.69, 9.17) is 5.73 Å². The number of benzene rings is 1.